The van der Waals surface area contributed by atoms with E-state index >= 15 is 0 Å². The SMILES string of the molecule is Cc1c(C(=O)O)ccc2c(CN)c3ccccc3c(CN)c12. The molecule has 0 saturated heterocycles. The van der Waals surface area contributed by atoms with E-state index < -0.39 is 5.97 Å². The fraction of sp³-hybridized carbons (Fsp3) is 0.167. The van der Waals surface area contributed by atoms with Gasteiger partial charge in [-0.2, -0.15) is 0 Å². The van der Waals surface area contributed by atoms with Gasteiger partial charge in [0.15, 0.2) is 0 Å². The third kappa shape index (κ3) is 1.96. The van der Waals surface area contributed by atoms with Crippen molar-refractivity contribution in [1.29, 1.82) is 0 Å². The van der Waals surface area contributed by atoms with Crippen LogP contribution in [0, 0.1) is 6.92 Å². The van der Waals surface area contributed by atoms with Crippen molar-refractivity contribution in [2.24, 2.45) is 11.5 Å². The molecule has 4 heteroatoms. The predicted molar refractivity (Wildman–Crippen MR) is 88.9 cm³/mol. The number of aromatic carboxylic acids is 1. The number of carboxylic acid groups (broad SMARTS) is 1. The molecular weight excluding hydrogens is 276 g/mol. The van der Waals surface area contributed by atoms with Crippen molar-refractivity contribution < 1.29 is 9.90 Å². The Labute approximate surface area is 128 Å². The van der Waals surface area contributed by atoms with Crippen LogP contribution in [0.2, 0.25) is 0 Å². The predicted octanol–water partition coefficient (Wildman–Crippen LogP) is 2.92. The third-order valence-corrected chi connectivity index (χ3v) is 4.31. The molecule has 3 rings (SSSR count). The molecule has 4 nitrogen and oxygen atoms in total. The van der Waals surface area contributed by atoms with Crippen LogP contribution in [0.4, 0.5) is 0 Å². The van der Waals surface area contributed by atoms with E-state index in [1.807, 2.05) is 37.3 Å². The second kappa shape index (κ2) is 5.40. The van der Waals surface area contributed by atoms with E-state index in [0.717, 1.165) is 38.2 Å². The van der Waals surface area contributed by atoms with Crippen molar-refractivity contribution >= 4 is 27.5 Å². The molecule has 0 radical (unpaired) electrons. The number of rotatable bonds is 3. The van der Waals surface area contributed by atoms with Gasteiger partial charge in [0.1, 0.15) is 0 Å². The summed E-state index contributed by atoms with van der Waals surface area (Å²) in [5.41, 5.74) is 15.0. The normalized spacial score (nSPS) is 11.2. The average Bonchev–Trinajstić information content (AvgIpc) is 2.52. The van der Waals surface area contributed by atoms with Crippen LogP contribution >= 0.6 is 0 Å². The van der Waals surface area contributed by atoms with E-state index in [9.17, 15) is 9.90 Å². The standard InChI is InChI=1S/C18H18N2O2/c1-10-11(18(21)22)6-7-14-15(8-19)12-4-2-3-5-13(12)16(9-20)17(10)14/h2-7H,8-9,19-20H2,1H3,(H,21,22). The Morgan fingerprint density at radius 2 is 1.55 bits per heavy atom. The molecule has 0 fully saturated rings. The fourth-order valence-electron chi connectivity index (χ4n) is 3.30. The lowest BCUT2D eigenvalue weighted by Gasteiger charge is -2.17. The van der Waals surface area contributed by atoms with Crippen molar-refractivity contribution in [2.75, 3.05) is 0 Å². The zero-order chi connectivity index (χ0) is 15.9. The monoisotopic (exact) mass is 294 g/mol. The summed E-state index contributed by atoms with van der Waals surface area (Å²) < 4.78 is 0. The average molecular weight is 294 g/mol. The molecule has 0 aromatic heterocycles. The van der Waals surface area contributed by atoms with E-state index in [2.05, 4.69) is 0 Å². The molecule has 0 heterocycles. The van der Waals surface area contributed by atoms with Crippen molar-refractivity contribution in [1.82, 2.24) is 0 Å². The molecule has 0 saturated carbocycles. The molecule has 0 amide bonds. The van der Waals surface area contributed by atoms with Crippen molar-refractivity contribution in [3.05, 3.63) is 58.7 Å². The van der Waals surface area contributed by atoms with Crippen LogP contribution in [0.5, 0.6) is 0 Å². The molecule has 0 unspecified atom stereocenters. The first-order valence-electron chi connectivity index (χ1n) is 7.19. The van der Waals surface area contributed by atoms with Gasteiger partial charge in [0.2, 0.25) is 0 Å². The third-order valence-electron chi connectivity index (χ3n) is 4.31. The van der Waals surface area contributed by atoms with Crippen LogP contribution in [0.3, 0.4) is 0 Å². The lowest BCUT2D eigenvalue weighted by Crippen LogP contribution is -2.08. The minimum Gasteiger partial charge on any atom is -0.478 e. The minimum absolute atomic E-state index is 0.306. The van der Waals surface area contributed by atoms with Gasteiger partial charge in [-0.3, -0.25) is 0 Å². The van der Waals surface area contributed by atoms with Gasteiger partial charge in [0.05, 0.1) is 5.56 Å². The van der Waals surface area contributed by atoms with Gasteiger partial charge >= 0.3 is 5.97 Å². The Balaban J connectivity index is 2.61. The lowest BCUT2D eigenvalue weighted by atomic mass is 9.88. The van der Waals surface area contributed by atoms with Crippen LogP contribution < -0.4 is 11.5 Å². The topological polar surface area (TPSA) is 89.3 Å². The van der Waals surface area contributed by atoms with Gasteiger partial charge in [0, 0.05) is 13.1 Å². The molecule has 0 atom stereocenters. The summed E-state index contributed by atoms with van der Waals surface area (Å²) in [5.74, 6) is -0.926. The number of hydrogen-bond acceptors (Lipinski definition) is 3. The Morgan fingerprint density at radius 1 is 0.955 bits per heavy atom. The number of nitrogens with two attached hydrogens (primary N) is 2. The van der Waals surface area contributed by atoms with Gasteiger partial charge in [-0.15, -0.1) is 0 Å². The number of fused-ring (bicyclic) bond motifs is 2. The van der Waals surface area contributed by atoms with Crippen LogP contribution in [-0.2, 0) is 13.1 Å². The Hall–Kier alpha value is -2.43. The quantitative estimate of drug-likeness (QED) is 0.648. The molecule has 0 spiro atoms. The maximum absolute atomic E-state index is 11.4. The fourth-order valence-corrected chi connectivity index (χ4v) is 3.30. The van der Waals surface area contributed by atoms with Gasteiger partial charge < -0.3 is 16.6 Å². The summed E-state index contributed by atoms with van der Waals surface area (Å²) in [4.78, 5) is 11.4. The summed E-state index contributed by atoms with van der Waals surface area (Å²) in [6, 6.07) is 11.5. The van der Waals surface area contributed by atoms with E-state index in [1.54, 1.807) is 6.07 Å². The van der Waals surface area contributed by atoms with Gasteiger partial charge in [-0.05, 0) is 51.2 Å². The first-order valence-corrected chi connectivity index (χ1v) is 7.19. The summed E-state index contributed by atoms with van der Waals surface area (Å²) >= 11 is 0. The maximum atomic E-state index is 11.4. The second-order valence-corrected chi connectivity index (χ2v) is 5.38. The maximum Gasteiger partial charge on any atom is 0.335 e. The first-order chi connectivity index (χ1) is 10.6. The molecule has 5 N–H and O–H groups in total. The van der Waals surface area contributed by atoms with E-state index in [0.29, 0.717) is 18.7 Å². The highest BCUT2D eigenvalue weighted by atomic mass is 16.4. The Morgan fingerprint density at radius 3 is 2.09 bits per heavy atom. The highest BCUT2D eigenvalue weighted by Gasteiger charge is 2.17. The molecule has 3 aromatic rings. The van der Waals surface area contributed by atoms with E-state index in [-0.39, 0.29) is 0 Å². The summed E-state index contributed by atoms with van der Waals surface area (Å²) in [7, 11) is 0. The van der Waals surface area contributed by atoms with Gasteiger partial charge in [-0.25, -0.2) is 4.79 Å². The summed E-state index contributed by atoms with van der Waals surface area (Å²) in [5, 5.41) is 13.4. The van der Waals surface area contributed by atoms with Gasteiger partial charge in [0.25, 0.3) is 0 Å². The summed E-state index contributed by atoms with van der Waals surface area (Å²) in [6.45, 7) is 2.58. The van der Waals surface area contributed by atoms with Crippen LogP contribution in [-0.4, -0.2) is 11.1 Å². The number of carboxylic acids is 1. The Bertz CT molecular complexity index is 901. The minimum atomic E-state index is -0.926. The van der Waals surface area contributed by atoms with Crippen LogP contribution in [0.1, 0.15) is 27.0 Å². The number of hydrogen-bond donors (Lipinski definition) is 3. The van der Waals surface area contributed by atoms with Gasteiger partial charge in [-0.1, -0.05) is 30.3 Å². The van der Waals surface area contributed by atoms with E-state index in [1.165, 1.54) is 0 Å². The molecule has 0 aliphatic heterocycles. The highest BCUT2D eigenvalue weighted by Crippen LogP contribution is 2.35. The number of aryl methyl sites for hydroxylation is 1. The number of carbonyl (C=O) groups is 1. The Kier molecular flexibility index (Phi) is 3.56. The molecule has 0 aliphatic rings. The highest BCUT2D eigenvalue weighted by molar-refractivity contribution is 6.09. The second-order valence-electron chi connectivity index (χ2n) is 5.38. The molecule has 112 valence electrons. The molecule has 0 aliphatic carbocycles. The van der Waals surface area contributed by atoms with Crippen molar-refractivity contribution in [3.63, 3.8) is 0 Å². The molecule has 22 heavy (non-hydrogen) atoms. The van der Waals surface area contributed by atoms with Crippen LogP contribution in [0.25, 0.3) is 21.5 Å². The molecular formula is C18H18N2O2. The largest absolute Gasteiger partial charge is 0.478 e. The lowest BCUT2D eigenvalue weighted by molar-refractivity contribution is 0.0696. The number of benzene rings is 3. The molecule has 0 bridgehead atoms. The first kappa shape index (κ1) is 14.5. The summed E-state index contributed by atoms with van der Waals surface area (Å²) in [6.07, 6.45) is 0. The molecule has 3 aromatic carbocycles. The van der Waals surface area contributed by atoms with Crippen LogP contribution in [0.15, 0.2) is 36.4 Å². The zero-order valence-corrected chi connectivity index (χ0v) is 12.4. The van der Waals surface area contributed by atoms with Crippen molar-refractivity contribution in [2.45, 2.75) is 20.0 Å². The smallest absolute Gasteiger partial charge is 0.335 e. The van der Waals surface area contributed by atoms with Crippen molar-refractivity contribution in [3.8, 4) is 0 Å². The zero-order valence-electron chi connectivity index (χ0n) is 12.4. The van der Waals surface area contributed by atoms with E-state index in [4.69, 9.17) is 11.5 Å².